The van der Waals surface area contributed by atoms with Gasteiger partial charge in [-0.25, -0.2) is 4.39 Å². The van der Waals surface area contributed by atoms with Crippen molar-refractivity contribution in [2.75, 3.05) is 23.9 Å². The number of hydrogen-bond donors (Lipinski definition) is 2. The number of benzene rings is 2. The highest BCUT2D eigenvalue weighted by Crippen LogP contribution is 2.60. The molecule has 2 N–H and O–H groups in total. The minimum atomic E-state index is -1.53. The number of carbonyl (C=O) groups is 3. The van der Waals surface area contributed by atoms with Crippen LogP contribution in [0.1, 0.15) is 30.9 Å². The Kier molecular flexibility index (Phi) is 4.20. The molecule has 2 aromatic carbocycles. The molecule has 0 bridgehead atoms. The van der Waals surface area contributed by atoms with Gasteiger partial charge < -0.3 is 15.0 Å². The van der Waals surface area contributed by atoms with Crippen LogP contribution in [0.2, 0.25) is 0 Å². The van der Waals surface area contributed by atoms with E-state index in [0.717, 1.165) is 0 Å². The number of ether oxygens (including phenoxy) is 1. The second kappa shape index (κ2) is 6.62. The summed E-state index contributed by atoms with van der Waals surface area (Å²) in [4.78, 5) is 40.9. The van der Waals surface area contributed by atoms with Gasteiger partial charge in [0.1, 0.15) is 16.8 Å². The first-order chi connectivity index (χ1) is 14.9. The van der Waals surface area contributed by atoms with E-state index in [1.165, 1.54) is 24.1 Å². The zero-order valence-electron chi connectivity index (χ0n) is 17.2. The van der Waals surface area contributed by atoms with Crippen molar-refractivity contribution in [3.63, 3.8) is 0 Å². The molecule has 1 fully saturated rings. The quantitative estimate of drug-likeness (QED) is 0.739. The van der Waals surface area contributed by atoms with E-state index < -0.39 is 34.7 Å². The van der Waals surface area contributed by atoms with Gasteiger partial charge in [-0.2, -0.15) is 0 Å². The molecule has 7 nitrogen and oxygen atoms in total. The van der Waals surface area contributed by atoms with Crippen molar-refractivity contribution in [3.8, 4) is 0 Å². The summed E-state index contributed by atoms with van der Waals surface area (Å²) in [5.41, 5.74) is -1.03. The standard InChI is InChI=1S/C23H22FN3O4/c1-3-31-18(28)11-13-12-22(14-7-4-5-10-17(14)25-20(22)29)23(26-13)15-8-6-9-16(24)19(15)27(2)21(23)30/h4-10,13,26H,3,11-12H2,1-2H3,(H,25,29)/t13-,22-,23-/m0/s1. The van der Waals surface area contributed by atoms with Crippen molar-refractivity contribution >= 4 is 29.2 Å². The molecule has 5 rings (SSSR count). The first-order valence-corrected chi connectivity index (χ1v) is 10.3. The van der Waals surface area contributed by atoms with E-state index in [0.29, 0.717) is 16.8 Å². The molecule has 0 saturated carbocycles. The average Bonchev–Trinajstić information content (AvgIpc) is 3.30. The Morgan fingerprint density at radius 3 is 2.71 bits per heavy atom. The van der Waals surface area contributed by atoms with E-state index in [-0.39, 0.29) is 31.0 Å². The normalized spacial score (nSPS) is 28.2. The average molecular weight is 423 g/mol. The second-order valence-corrected chi connectivity index (χ2v) is 8.21. The summed E-state index contributed by atoms with van der Waals surface area (Å²) in [6, 6.07) is 11.2. The summed E-state index contributed by atoms with van der Waals surface area (Å²) >= 11 is 0. The smallest absolute Gasteiger partial charge is 0.307 e. The number of halogens is 1. The minimum absolute atomic E-state index is 0.00553. The van der Waals surface area contributed by atoms with Crippen LogP contribution in [-0.4, -0.2) is 37.5 Å². The Labute approximate surface area is 178 Å². The highest BCUT2D eigenvalue weighted by Gasteiger charge is 2.73. The van der Waals surface area contributed by atoms with Gasteiger partial charge in [0.05, 0.1) is 18.7 Å². The van der Waals surface area contributed by atoms with Crippen LogP contribution in [0.5, 0.6) is 0 Å². The summed E-state index contributed by atoms with van der Waals surface area (Å²) < 4.78 is 19.9. The molecule has 3 heterocycles. The van der Waals surface area contributed by atoms with Crippen molar-refractivity contribution in [2.24, 2.45) is 0 Å². The fraction of sp³-hybridized carbons (Fsp3) is 0.348. The molecule has 31 heavy (non-hydrogen) atoms. The zero-order chi connectivity index (χ0) is 22.0. The molecule has 2 aromatic rings. The number of likely N-dealkylation sites (N-methyl/N-ethyl adjacent to an activating group) is 1. The minimum Gasteiger partial charge on any atom is -0.466 e. The van der Waals surface area contributed by atoms with Crippen LogP contribution in [-0.2, 0) is 30.1 Å². The van der Waals surface area contributed by atoms with Gasteiger partial charge in [0, 0.05) is 24.3 Å². The molecular formula is C23H22FN3O4. The third-order valence-electron chi connectivity index (χ3n) is 6.71. The summed E-state index contributed by atoms with van der Waals surface area (Å²) in [5.74, 6) is -1.72. The van der Waals surface area contributed by atoms with Crippen LogP contribution in [0.3, 0.4) is 0 Å². The van der Waals surface area contributed by atoms with Gasteiger partial charge in [0.15, 0.2) is 0 Å². The molecule has 2 amide bonds. The summed E-state index contributed by atoms with van der Waals surface area (Å²) in [6.45, 7) is 1.96. The van der Waals surface area contributed by atoms with E-state index in [4.69, 9.17) is 4.74 Å². The molecular weight excluding hydrogens is 401 g/mol. The second-order valence-electron chi connectivity index (χ2n) is 8.21. The molecule has 1 saturated heterocycles. The van der Waals surface area contributed by atoms with E-state index >= 15 is 0 Å². The highest BCUT2D eigenvalue weighted by atomic mass is 19.1. The lowest BCUT2D eigenvalue weighted by atomic mass is 9.63. The molecule has 0 aromatic heterocycles. The summed E-state index contributed by atoms with van der Waals surface area (Å²) in [5, 5.41) is 6.21. The molecule has 160 valence electrons. The van der Waals surface area contributed by atoms with Crippen molar-refractivity contribution in [2.45, 2.75) is 36.8 Å². The van der Waals surface area contributed by atoms with E-state index in [1.54, 1.807) is 25.1 Å². The maximum atomic E-state index is 14.8. The fourth-order valence-corrected chi connectivity index (χ4v) is 5.62. The molecule has 3 aliphatic rings. The number of anilines is 2. The van der Waals surface area contributed by atoms with E-state index in [1.807, 2.05) is 12.1 Å². The first kappa shape index (κ1) is 19.7. The number of fused-ring (bicyclic) bond motifs is 5. The number of amides is 2. The number of hydrogen-bond acceptors (Lipinski definition) is 5. The largest absolute Gasteiger partial charge is 0.466 e. The molecule has 0 unspecified atom stereocenters. The van der Waals surface area contributed by atoms with Crippen molar-refractivity contribution in [1.82, 2.24) is 5.32 Å². The van der Waals surface area contributed by atoms with Gasteiger partial charge in [-0.05, 0) is 31.0 Å². The number of nitrogens with one attached hydrogen (secondary N) is 2. The number of rotatable bonds is 3. The van der Waals surface area contributed by atoms with Gasteiger partial charge in [-0.15, -0.1) is 0 Å². The predicted octanol–water partition coefficient (Wildman–Crippen LogP) is 2.20. The molecule has 2 spiro atoms. The Balaban J connectivity index is 1.76. The summed E-state index contributed by atoms with van der Waals surface area (Å²) in [7, 11) is 1.51. The zero-order valence-corrected chi connectivity index (χ0v) is 17.2. The van der Waals surface area contributed by atoms with Crippen LogP contribution in [0, 0.1) is 5.82 Å². The SMILES string of the molecule is CCOC(=O)C[C@H]1C[C@]2(C(=O)Nc3ccccc32)[C@@]2(N1)C(=O)N(C)c1c(F)cccc12. The molecule has 0 radical (unpaired) electrons. The highest BCUT2D eigenvalue weighted by molar-refractivity contribution is 6.18. The van der Waals surface area contributed by atoms with Gasteiger partial charge >= 0.3 is 5.97 Å². The van der Waals surface area contributed by atoms with Gasteiger partial charge in [0.2, 0.25) is 5.91 Å². The predicted molar refractivity (Wildman–Crippen MR) is 111 cm³/mol. The van der Waals surface area contributed by atoms with Crippen molar-refractivity contribution < 1.29 is 23.5 Å². The van der Waals surface area contributed by atoms with Crippen molar-refractivity contribution in [3.05, 3.63) is 59.4 Å². The molecule has 8 heteroatoms. The maximum Gasteiger partial charge on any atom is 0.307 e. The number of para-hydroxylation sites is 2. The molecule has 3 atom stereocenters. The summed E-state index contributed by atoms with van der Waals surface area (Å²) in [6.07, 6.45) is 0.193. The van der Waals surface area contributed by atoms with E-state index in [2.05, 4.69) is 10.6 Å². The molecule has 3 aliphatic heterocycles. The monoisotopic (exact) mass is 423 g/mol. The van der Waals surface area contributed by atoms with Gasteiger partial charge in [0.25, 0.3) is 5.91 Å². The lowest BCUT2D eigenvalue weighted by Gasteiger charge is -2.37. The Hall–Kier alpha value is -3.26. The lowest BCUT2D eigenvalue weighted by molar-refractivity contribution is -0.143. The topological polar surface area (TPSA) is 87.7 Å². The number of carbonyl (C=O) groups excluding carboxylic acids is 3. The Morgan fingerprint density at radius 2 is 1.94 bits per heavy atom. The van der Waals surface area contributed by atoms with Crippen LogP contribution < -0.4 is 15.5 Å². The van der Waals surface area contributed by atoms with Crippen molar-refractivity contribution in [1.29, 1.82) is 0 Å². The van der Waals surface area contributed by atoms with Crippen LogP contribution in [0.15, 0.2) is 42.5 Å². The number of nitrogens with zero attached hydrogens (tertiary/aromatic N) is 1. The van der Waals surface area contributed by atoms with Crippen LogP contribution in [0.25, 0.3) is 0 Å². The van der Waals surface area contributed by atoms with Crippen LogP contribution >= 0.6 is 0 Å². The first-order valence-electron chi connectivity index (χ1n) is 10.3. The third kappa shape index (κ3) is 2.33. The molecule has 0 aliphatic carbocycles. The Morgan fingerprint density at radius 1 is 1.19 bits per heavy atom. The van der Waals surface area contributed by atoms with Gasteiger partial charge in [-0.3, -0.25) is 19.7 Å². The maximum absolute atomic E-state index is 14.8. The lowest BCUT2D eigenvalue weighted by Crippen LogP contribution is -2.60. The Bertz CT molecular complexity index is 1140. The number of esters is 1. The third-order valence-corrected chi connectivity index (χ3v) is 6.71. The fourth-order valence-electron chi connectivity index (χ4n) is 5.62. The van der Waals surface area contributed by atoms with E-state index in [9.17, 15) is 18.8 Å². The van der Waals surface area contributed by atoms with Gasteiger partial charge in [-0.1, -0.05) is 30.3 Å². The van der Waals surface area contributed by atoms with Crippen LogP contribution in [0.4, 0.5) is 15.8 Å².